The molecule has 0 N–H and O–H groups in total. The Kier molecular flexibility index (Phi) is 3.98. The molecule has 0 amide bonds. The van der Waals surface area contributed by atoms with E-state index in [1.165, 1.54) is 7.11 Å². The molecular formula is C11H14O3. The zero-order valence-corrected chi connectivity index (χ0v) is 8.45. The van der Waals surface area contributed by atoms with Gasteiger partial charge in [0.05, 0.1) is 19.3 Å². The summed E-state index contributed by atoms with van der Waals surface area (Å²) in [5.74, 6) is 1.13. The third kappa shape index (κ3) is 2.25. The van der Waals surface area contributed by atoms with Gasteiger partial charge in [0.2, 0.25) is 0 Å². The molecule has 0 heterocycles. The highest BCUT2D eigenvalue weighted by atomic mass is 16.5. The van der Waals surface area contributed by atoms with Gasteiger partial charge in [0.25, 0.3) is 0 Å². The Morgan fingerprint density at radius 3 is 2.64 bits per heavy atom. The second-order valence-electron chi connectivity index (χ2n) is 2.84. The van der Waals surface area contributed by atoms with Crippen LogP contribution in [0.4, 0.5) is 0 Å². The maximum atomic E-state index is 10.8. The minimum atomic E-state index is 0.475. The summed E-state index contributed by atoms with van der Waals surface area (Å²) in [4.78, 5) is 10.8. The first-order valence-corrected chi connectivity index (χ1v) is 4.58. The normalized spacial score (nSPS) is 9.57. The van der Waals surface area contributed by atoms with Crippen LogP contribution in [0.15, 0.2) is 18.2 Å². The summed E-state index contributed by atoms with van der Waals surface area (Å²) in [6, 6.07) is 5.31. The van der Waals surface area contributed by atoms with Gasteiger partial charge in [0.1, 0.15) is 11.5 Å². The number of ether oxygens (including phenoxy) is 2. The molecule has 0 bridgehead atoms. The van der Waals surface area contributed by atoms with Gasteiger partial charge in [-0.15, -0.1) is 0 Å². The third-order valence-corrected chi connectivity index (χ3v) is 1.83. The van der Waals surface area contributed by atoms with Crippen molar-refractivity contribution < 1.29 is 14.3 Å². The first kappa shape index (κ1) is 10.6. The maximum absolute atomic E-state index is 10.8. The zero-order chi connectivity index (χ0) is 10.4. The molecule has 1 aromatic carbocycles. The van der Waals surface area contributed by atoms with Crippen LogP contribution in [0.25, 0.3) is 0 Å². The summed E-state index contributed by atoms with van der Waals surface area (Å²) in [5.41, 5.74) is 0.475. The number of carbonyl (C=O) groups is 1. The molecule has 3 nitrogen and oxygen atoms in total. The predicted molar refractivity (Wildman–Crippen MR) is 54.2 cm³/mol. The summed E-state index contributed by atoms with van der Waals surface area (Å²) < 4.78 is 10.5. The lowest BCUT2D eigenvalue weighted by Gasteiger charge is -2.09. The van der Waals surface area contributed by atoms with Crippen molar-refractivity contribution in [1.29, 1.82) is 0 Å². The van der Waals surface area contributed by atoms with Crippen LogP contribution >= 0.6 is 0 Å². The Balaban J connectivity index is 2.96. The van der Waals surface area contributed by atoms with Crippen LogP contribution in [0.2, 0.25) is 0 Å². The average Bonchev–Trinajstić information content (AvgIpc) is 2.25. The Hall–Kier alpha value is -1.51. The van der Waals surface area contributed by atoms with E-state index in [1.807, 2.05) is 6.92 Å². The first-order chi connectivity index (χ1) is 6.83. The Morgan fingerprint density at radius 1 is 1.36 bits per heavy atom. The van der Waals surface area contributed by atoms with Crippen LogP contribution in [0.1, 0.15) is 23.7 Å². The van der Waals surface area contributed by atoms with Gasteiger partial charge < -0.3 is 9.47 Å². The van der Waals surface area contributed by atoms with Gasteiger partial charge in [-0.2, -0.15) is 0 Å². The third-order valence-electron chi connectivity index (χ3n) is 1.83. The lowest BCUT2D eigenvalue weighted by molar-refractivity contribution is 0.111. The van der Waals surface area contributed by atoms with Crippen molar-refractivity contribution in [3.63, 3.8) is 0 Å². The Bertz CT molecular complexity index is 307. The molecule has 0 aliphatic carbocycles. The fraction of sp³-hybridized carbons (Fsp3) is 0.364. The van der Waals surface area contributed by atoms with E-state index in [0.29, 0.717) is 23.7 Å². The Morgan fingerprint density at radius 2 is 2.07 bits per heavy atom. The molecule has 14 heavy (non-hydrogen) atoms. The smallest absolute Gasteiger partial charge is 0.157 e. The lowest BCUT2D eigenvalue weighted by Crippen LogP contribution is -2.00. The largest absolute Gasteiger partial charge is 0.496 e. The van der Waals surface area contributed by atoms with Gasteiger partial charge in [-0.3, -0.25) is 4.79 Å². The van der Waals surface area contributed by atoms with Crippen molar-refractivity contribution in [3.8, 4) is 11.5 Å². The van der Waals surface area contributed by atoms with Crippen molar-refractivity contribution in [1.82, 2.24) is 0 Å². The van der Waals surface area contributed by atoms with Crippen molar-refractivity contribution in [3.05, 3.63) is 23.8 Å². The van der Waals surface area contributed by atoms with Crippen LogP contribution in [-0.2, 0) is 0 Å². The molecule has 0 saturated carbocycles. The number of carbonyl (C=O) groups excluding carboxylic acids is 1. The van der Waals surface area contributed by atoms with Crippen LogP contribution in [-0.4, -0.2) is 20.0 Å². The van der Waals surface area contributed by atoms with E-state index in [4.69, 9.17) is 9.47 Å². The van der Waals surface area contributed by atoms with Crippen molar-refractivity contribution in [2.24, 2.45) is 0 Å². The molecule has 3 heteroatoms. The topological polar surface area (TPSA) is 35.5 Å². The van der Waals surface area contributed by atoms with E-state index < -0.39 is 0 Å². The van der Waals surface area contributed by atoms with Crippen LogP contribution < -0.4 is 9.47 Å². The molecule has 0 spiro atoms. The summed E-state index contributed by atoms with van der Waals surface area (Å²) in [5, 5.41) is 0. The second-order valence-corrected chi connectivity index (χ2v) is 2.84. The second kappa shape index (κ2) is 5.27. The number of aldehydes is 1. The first-order valence-electron chi connectivity index (χ1n) is 4.58. The molecule has 1 rings (SSSR count). The minimum absolute atomic E-state index is 0.475. The SMILES string of the molecule is CCCOc1cccc(OC)c1C=O. The molecule has 0 aliphatic rings. The van der Waals surface area contributed by atoms with E-state index in [-0.39, 0.29) is 0 Å². The van der Waals surface area contributed by atoms with E-state index in [1.54, 1.807) is 18.2 Å². The van der Waals surface area contributed by atoms with Gasteiger partial charge in [-0.05, 0) is 18.6 Å². The molecule has 0 unspecified atom stereocenters. The number of benzene rings is 1. The summed E-state index contributed by atoms with van der Waals surface area (Å²) >= 11 is 0. The molecule has 0 aliphatic heterocycles. The fourth-order valence-electron chi connectivity index (χ4n) is 1.16. The number of rotatable bonds is 5. The van der Waals surface area contributed by atoms with Gasteiger partial charge in [-0.25, -0.2) is 0 Å². The molecular weight excluding hydrogens is 180 g/mol. The molecule has 1 aromatic rings. The number of methoxy groups -OCH3 is 1. The monoisotopic (exact) mass is 194 g/mol. The van der Waals surface area contributed by atoms with E-state index in [9.17, 15) is 4.79 Å². The minimum Gasteiger partial charge on any atom is -0.496 e. The van der Waals surface area contributed by atoms with E-state index in [2.05, 4.69) is 0 Å². The van der Waals surface area contributed by atoms with E-state index >= 15 is 0 Å². The average molecular weight is 194 g/mol. The Labute approximate surface area is 83.6 Å². The highest BCUT2D eigenvalue weighted by molar-refractivity contribution is 5.83. The summed E-state index contributed by atoms with van der Waals surface area (Å²) in [6.45, 7) is 2.62. The summed E-state index contributed by atoms with van der Waals surface area (Å²) in [6.07, 6.45) is 1.67. The van der Waals surface area contributed by atoms with Crippen molar-refractivity contribution in [2.75, 3.05) is 13.7 Å². The molecule has 0 atom stereocenters. The van der Waals surface area contributed by atoms with Crippen molar-refractivity contribution in [2.45, 2.75) is 13.3 Å². The van der Waals surface area contributed by atoms with Gasteiger partial charge in [0.15, 0.2) is 6.29 Å². The molecule has 0 radical (unpaired) electrons. The molecule has 0 aromatic heterocycles. The van der Waals surface area contributed by atoms with Crippen LogP contribution in [0, 0.1) is 0 Å². The maximum Gasteiger partial charge on any atom is 0.157 e. The fourth-order valence-corrected chi connectivity index (χ4v) is 1.16. The summed E-state index contributed by atoms with van der Waals surface area (Å²) in [7, 11) is 1.53. The van der Waals surface area contributed by atoms with E-state index in [0.717, 1.165) is 12.7 Å². The predicted octanol–water partition coefficient (Wildman–Crippen LogP) is 2.30. The number of hydrogen-bond acceptors (Lipinski definition) is 3. The number of hydrogen-bond donors (Lipinski definition) is 0. The molecule has 76 valence electrons. The molecule has 0 saturated heterocycles. The highest BCUT2D eigenvalue weighted by Crippen LogP contribution is 2.26. The van der Waals surface area contributed by atoms with Crippen molar-refractivity contribution >= 4 is 6.29 Å². The van der Waals surface area contributed by atoms with Crippen LogP contribution in [0.3, 0.4) is 0 Å². The zero-order valence-electron chi connectivity index (χ0n) is 8.45. The molecule has 0 fully saturated rings. The lowest BCUT2D eigenvalue weighted by atomic mass is 10.2. The van der Waals surface area contributed by atoms with Gasteiger partial charge in [-0.1, -0.05) is 13.0 Å². The standard InChI is InChI=1S/C11H14O3/c1-3-7-14-11-6-4-5-10(13-2)9(11)8-12/h4-6,8H,3,7H2,1-2H3. The highest BCUT2D eigenvalue weighted by Gasteiger charge is 2.08. The quantitative estimate of drug-likeness (QED) is 0.675. The van der Waals surface area contributed by atoms with Gasteiger partial charge >= 0.3 is 0 Å². The van der Waals surface area contributed by atoms with Gasteiger partial charge in [0, 0.05) is 0 Å². The van der Waals surface area contributed by atoms with Crippen LogP contribution in [0.5, 0.6) is 11.5 Å².